The maximum absolute atomic E-state index is 12.9. The van der Waals surface area contributed by atoms with Gasteiger partial charge in [0.25, 0.3) is 5.91 Å². The van der Waals surface area contributed by atoms with E-state index in [1.165, 1.54) is 7.05 Å². The van der Waals surface area contributed by atoms with Crippen LogP contribution in [0.3, 0.4) is 0 Å². The van der Waals surface area contributed by atoms with Crippen LogP contribution >= 0.6 is 0 Å². The van der Waals surface area contributed by atoms with Gasteiger partial charge in [0.2, 0.25) is 18.2 Å². The average molecular weight is 512 g/mol. The molecule has 0 aliphatic rings. The second-order valence-electron chi connectivity index (χ2n) is 8.92. The van der Waals surface area contributed by atoms with Crippen LogP contribution in [0.25, 0.3) is 5.57 Å². The highest BCUT2D eigenvalue weighted by molar-refractivity contribution is 5.88. The molecule has 0 saturated heterocycles. The summed E-state index contributed by atoms with van der Waals surface area (Å²) in [6.07, 6.45) is 9.50. The molecule has 0 aromatic heterocycles. The number of allylic oxidation sites excluding steroid dienone is 4. The molecule has 0 radical (unpaired) electrons. The van der Waals surface area contributed by atoms with Crippen molar-refractivity contribution in [3.05, 3.63) is 66.8 Å². The van der Waals surface area contributed by atoms with Crippen LogP contribution in [0.5, 0.6) is 0 Å². The lowest BCUT2D eigenvalue weighted by Gasteiger charge is -2.21. The SMILES string of the molecule is C=C/C=C(\C=C)c1ccc(CC(CC(=O)N[C@@H](CCCCN)C(=O)NC)NC(=O)CNC=[N+](C)C)cc1. The van der Waals surface area contributed by atoms with Gasteiger partial charge >= 0.3 is 0 Å². The highest BCUT2D eigenvalue weighted by Crippen LogP contribution is 2.17. The molecule has 6 N–H and O–H groups in total. The number of nitrogens with one attached hydrogen (secondary N) is 4. The summed E-state index contributed by atoms with van der Waals surface area (Å²) in [6, 6.07) is 6.76. The summed E-state index contributed by atoms with van der Waals surface area (Å²) < 4.78 is 1.79. The fraction of sp³-hybridized carbons (Fsp3) is 0.429. The number of amides is 3. The molecule has 0 saturated carbocycles. The number of benzene rings is 1. The Hall–Kier alpha value is -3.72. The topological polar surface area (TPSA) is 128 Å². The first-order valence-electron chi connectivity index (χ1n) is 12.5. The molecule has 0 aliphatic heterocycles. The van der Waals surface area contributed by atoms with Crippen LogP contribution in [0, 0.1) is 0 Å². The second kappa shape index (κ2) is 17.7. The number of unbranched alkanes of at least 4 members (excludes halogenated alkanes) is 1. The standard InChI is InChI=1S/C28H42N6O3/c1-6-10-22(7-2)23-14-12-21(13-15-23)17-24(32-27(36)19-31-20-34(4)5)18-26(35)33-25(28(37)30-3)11-8-9-16-29/h6-7,10,12-15,20,24-25H,1-2,8-9,11,16-19,29H2,3-5H3,(H3,30,32,33,35,36,37)/p+1/b22-10+/t24?,25-/m0/s1. The number of nitrogens with two attached hydrogens (primary N) is 1. The number of hydrogen-bond acceptors (Lipinski definition) is 4. The molecular weight excluding hydrogens is 468 g/mol. The van der Waals surface area contributed by atoms with E-state index in [0.717, 1.165) is 29.5 Å². The average Bonchev–Trinajstić information content (AvgIpc) is 2.86. The van der Waals surface area contributed by atoms with E-state index in [2.05, 4.69) is 34.4 Å². The molecule has 2 atom stereocenters. The Morgan fingerprint density at radius 3 is 2.32 bits per heavy atom. The Bertz CT molecular complexity index is 965. The molecule has 0 fully saturated rings. The fourth-order valence-corrected chi connectivity index (χ4v) is 3.71. The van der Waals surface area contributed by atoms with Crippen molar-refractivity contribution in [3.8, 4) is 0 Å². The van der Waals surface area contributed by atoms with Gasteiger partial charge in [0.05, 0.1) is 14.1 Å². The first kappa shape index (κ1) is 31.3. The normalized spacial score (nSPS) is 12.5. The molecule has 1 aromatic carbocycles. The van der Waals surface area contributed by atoms with Crippen molar-refractivity contribution in [2.45, 2.75) is 44.2 Å². The molecule has 1 aromatic rings. The number of carbonyl (C=O) groups excluding carboxylic acids is 3. The smallest absolute Gasteiger partial charge is 0.261 e. The quantitative estimate of drug-likeness (QED) is 0.0704. The maximum atomic E-state index is 12.9. The van der Waals surface area contributed by atoms with E-state index in [4.69, 9.17) is 5.73 Å². The van der Waals surface area contributed by atoms with Crippen LogP contribution in [-0.2, 0) is 20.8 Å². The van der Waals surface area contributed by atoms with Gasteiger partial charge < -0.3 is 21.7 Å². The summed E-state index contributed by atoms with van der Waals surface area (Å²) >= 11 is 0. The van der Waals surface area contributed by atoms with Crippen molar-refractivity contribution in [2.24, 2.45) is 5.73 Å². The van der Waals surface area contributed by atoms with Crippen molar-refractivity contribution in [3.63, 3.8) is 0 Å². The largest absolute Gasteiger partial charge is 0.357 e. The summed E-state index contributed by atoms with van der Waals surface area (Å²) in [5.74, 6) is -0.796. The molecule has 1 rings (SSSR count). The molecule has 3 amide bonds. The summed E-state index contributed by atoms with van der Waals surface area (Å²) in [7, 11) is 5.23. The van der Waals surface area contributed by atoms with Gasteiger partial charge in [-0.25, -0.2) is 0 Å². The number of likely N-dealkylation sites (N-methyl/N-ethyl adjacent to an activating group) is 1. The minimum Gasteiger partial charge on any atom is -0.357 e. The zero-order valence-corrected chi connectivity index (χ0v) is 22.4. The van der Waals surface area contributed by atoms with E-state index in [1.54, 1.807) is 23.1 Å². The minimum absolute atomic E-state index is 0.0313. The second-order valence-corrected chi connectivity index (χ2v) is 8.92. The first-order valence-corrected chi connectivity index (χ1v) is 12.5. The van der Waals surface area contributed by atoms with Crippen LogP contribution in [0.15, 0.2) is 55.7 Å². The van der Waals surface area contributed by atoms with Gasteiger partial charge in [0.15, 0.2) is 6.54 Å². The maximum Gasteiger partial charge on any atom is 0.261 e. The molecule has 9 nitrogen and oxygen atoms in total. The first-order chi connectivity index (χ1) is 17.7. The monoisotopic (exact) mass is 511 g/mol. The predicted octanol–water partition coefficient (Wildman–Crippen LogP) is 1.11. The lowest BCUT2D eigenvalue weighted by atomic mass is 9.98. The van der Waals surface area contributed by atoms with E-state index in [9.17, 15) is 14.4 Å². The Morgan fingerprint density at radius 2 is 1.76 bits per heavy atom. The van der Waals surface area contributed by atoms with E-state index >= 15 is 0 Å². The van der Waals surface area contributed by atoms with Crippen molar-refractivity contribution >= 4 is 29.6 Å². The van der Waals surface area contributed by atoms with Crippen LogP contribution in [0.1, 0.15) is 36.8 Å². The van der Waals surface area contributed by atoms with E-state index in [1.807, 2.05) is 44.4 Å². The van der Waals surface area contributed by atoms with E-state index in [0.29, 0.717) is 19.4 Å². The zero-order valence-electron chi connectivity index (χ0n) is 22.4. The van der Waals surface area contributed by atoms with E-state index in [-0.39, 0.29) is 30.7 Å². The molecule has 37 heavy (non-hydrogen) atoms. The minimum atomic E-state index is -0.648. The highest BCUT2D eigenvalue weighted by Gasteiger charge is 2.23. The van der Waals surface area contributed by atoms with Gasteiger partial charge in [-0.3, -0.25) is 24.3 Å². The Kier molecular flexibility index (Phi) is 15.0. The lowest BCUT2D eigenvalue weighted by molar-refractivity contribution is -0.461. The highest BCUT2D eigenvalue weighted by atomic mass is 16.2. The van der Waals surface area contributed by atoms with Gasteiger partial charge in [-0.05, 0) is 48.9 Å². The van der Waals surface area contributed by atoms with Gasteiger partial charge in [0.1, 0.15) is 6.04 Å². The number of rotatable bonds is 17. The van der Waals surface area contributed by atoms with Crippen molar-refractivity contribution in [2.75, 3.05) is 34.2 Å². The summed E-state index contributed by atoms with van der Waals surface area (Å²) in [5.41, 5.74) is 8.46. The number of carbonyl (C=O) groups is 3. The van der Waals surface area contributed by atoms with Crippen LogP contribution in [-0.4, -0.2) is 75.0 Å². The molecule has 0 bridgehead atoms. The predicted molar refractivity (Wildman–Crippen MR) is 150 cm³/mol. The van der Waals surface area contributed by atoms with E-state index < -0.39 is 12.1 Å². The van der Waals surface area contributed by atoms with Gasteiger partial charge in [-0.2, -0.15) is 0 Å². The molecule has 0 aliphatic carbocycles. The molecule has 1 unspecified atom stereocenters. The zero-order chi connectivity index (χ0) is 27.6. The van der Waals surface area contributed by atoms with Crippen LogP contribution < -0.4 is 27.0 Å². The van der Waals surface area contributed by atoms with Gasteiger partial charge in [0, 0.05) is 19.5 Å². The van der Waals surface area contributed by atoms with Crippen molar-refractivity contribution in [1.29, 1.82) is 0 Å². The Balaban J connectivity index is 2.99. The Labute approximate surface area is 221 Å². The molecule has 0 heterocycles. The third-order valence-corrected chi connectivity index (χ3v) is 5.54. The van der Waals surface area contributed by atoms with Crippen molar-refractivity contribution < 1.29 is 19.0 Å². The lowest BCUT2D eigenvalue weighted by Crippen LogP contribution is -2.49. The molecular formula is C28H43N6O3+. The summed E-state index contributed by atoms with van der Waals surface area (Å²) in [6.45, 7) is 8.17. The van der Waals surface area contributed by atoms with Gasteiger partial charge in [-0.1, -0.05) is 55.7 Å². The fourth-order valence-electron chi connectivity index (χ4n) is 3.71. The molecule has 9 heteroatoms. The van der Waals surface area contributed by atoms with Crippen molar-refractivity contribution in [1.82, 2.24) is 21.3 Å². The third-order valence-electron chi connectivity index (χ3n) is 5.54. The Morgan fingerprint density at radius 1 is 1.05 bits per heavy atom. The third kappa shape index (κ3) is 12.7. The summed E-state index contributed by atoms with van der Waals surface area (Å²) in [5, 5.41) is 11.3. The summed E-state index contributed by atoms with van der Waals surface area (Å²) in [4.78, 5) is 37.8. The number of hydrogen-bond donors (Lipinski definition) is 5. The molecule has 202 valence electrons. The van der Waals surface area contributed by atoms with Crippen LogP contribution in [0.2, 0.25) is 0 Å². The number of nitrogens with zero attached hydrogens (tertiary/aromatic N) is 1. The van der Waals surface area contributed by atoms with Gasteiger partial charge in [-0.15, -0.1) is 0 Å². The van der Waals surface area contributed by atoms with Crippen LogP contribution in [0.4, 0.5) is 0 Å². The molecule has 0 spiro atoms.